The van der Waals surface area contributed by atoms with Crippen molar-refractivity contribution in [3.63, 3.8) is 0 Å². The molecule has 0 bridgehead atoms. The number of rotatable bonds is 8. The summed E-state index contributed by atoms with van der Waals surface area (Å²) in [4.78, 5) is 13.3. The molecule has 1 N–H and O–H groups in total. The van der Waals surface area contributed by atoms with Gasteiger partial charge in [0.25, 0.3) is 0 Å². The molecule has 0 unspecified atom stereocenters. The minimum absolute atomic E-state index is 0.194. The lowest BCUT2D eigenvalue weighted by atomic mass is 9.84. The monoisotopic (exact) mass is 483 g/mol. The summed E-state index contributed by atoms with van der Waals surface area (Å²) in [5.41, 5.74) is 4.29. The van der Waals surface area contributed by atoms with Crippen LogP contribution in [0.1, 0.15) is 65.1 Å². The fourth-order valence-electron chi connectivity index (χ4n) is 4.62. The number of benzene rings is 3. The largest absolute Gasteiger partial charge is 0.573 e. The van der Waals surface area contributed by atoms with Crippen LogP contribution < -0.4 is 9.64 Å². The number of nitrogens with zero attached hydrogens (tertiary/aromatic N) is 1. The Hall–Kier alpha value is -3.48. The van der Waals surface area contributed by atoms with E-state index in [1.807, 2.05) is 0 Å². The minimum Gasteiger partial charge on any atom is -0.478 e. The van der Waals surface area contributed by atoms with Crippen molar-refractivity contribution in [2.24, 2.45) is 0 Å². The number of ether oxygens (including phenoxy) is 1. The minimum atomic E-state index is -4.73. The number of carboxylic acids is 1. The highest BCUT2D eigenvalue weighted by Gasteiger charge is 2.31. The van der Waals surface area contributed by atoms with Crippen molar-refractivity contribution >= 4 is 11.7 Å². The van der Waals surface area contributed by atoms with Crippen LogP contribution in [0.2, 0.25) is 0 Å². The molecule has 0 aromatic heterocycles. The van der Waals surface area contributed by atoms with Gasteiger partial charge in [0.1, 0.15) is 5.75 Å². The molecule has 0 atom stereocenters. The van der Waals surface area contributed by atoms with Crippen LogP contribution in [0.5, 0.6) is 5.75 Å². The zero-order valence-electron chi connectivity index (χ0n) is 19.3. The van der Waals surface area contributed by atoms with Gasteiger partial charge in [0.2, 0.25) is 0 Å². The molecule has 3 aromatic carbocycles. The number of hydrogen-bond donors (Lipinski definition) is 1. The summed E-state index contributed by atoms with van der Waals surface area (Å²) in [6, 6.07) is 21.1. The molecule has 0 spiro atoms. The lowest BCUT2D eigenvalue weighted by Crippen LogP contribution is -2.22. The van der Waals surface area contributed by atoms with E-state index >= 15 is 0 Å². The zero-order chi connectivity index (χ0) is 24.8. The standard InChI is InChI=1S/C28H28F3NO3/c29-28(30,31)35-26-16-8-21(9-17-26)19-32(25-14-12-24(13-15-25)27(33)34)18-20-6-10-23(11-7-20)22-4-2-1-3-5-22/h6-17,22H,1-5,18-19H2,(H,33,34). The van der Waals surface area contributed by atoms with Gasteiger partial charge in [-0.1, -0.05) is 55.7 Å². The van der Waals surface area contributed by atoms with Crippen molar-refractivity contribution in [1.82, 2.24) is 0 Å². The quantitative estimate of drug-likeness (QED) is 0.360. The summed E-state index contributed by atoms with van der Waals surface area (Å²) in [6.07, 6.45) is 1.60. The molecular formula is C28H28F3NO3. The first-order valence-electron chi connectivity index (χ1n) is 11.8. The molecule has 0 amide bonds. The zero-order valence-corrected chi connectivity index (χ0v) is 19.3. The first kappa shape index (κ1) is 24.6. The van der Waals surface area contributed by atoms with Gasteiger partial charge in [-0.3, -0.25) is 0 Å². The molecule has 1 saturated carbocycles. The van der Waals surface area contributed by atoms with Gasteiger partial charge in [0, 0.05) is 18.8 Å². The molecular weight excluding hydrogens is 455 g/mol. The van der Waals surface area contributed by atoms with Gasteiger partial charge in [-0.15, -0.1) is 13.2 Å². The van der Waals surface area contributed by atoms with Crippen LogP contribution in [0, 0.1) is 0 Å². The van der Waals surface area contributed by atoms with E-state index in [2.05, 4.69) is 33.9 Å². The van der Waals surface area contributed by atoms with E-state index in [1.165, 1.54) is 49.8 Å². The third kappa shape index (κ3) is 7.01. The van der Waals surface area contributed by atoms with E-state index in [4.69, 9.17) is 0 Å². The highest BCUT2D eigenvalue weighted by molar-refractivity contribution is 5.88. The molecule has 7 heteroatoms. The van der Waals surface area contributed by atoms with E-state index in [0.717, 1.165) is 16.8 Å². The number of carboxylic acid groups (broad SMARTS) is 1. The van der Waals surface area contributed by atoms with Gasteiger partial charge in [-0.05, 0) is 71.8 Å². The Labute approximate surface area is 203 Å². The number of anilines is 1. The van der Waals surface area contributed by atoms with E-state index in [9.17, 15) is 23.1 Å². The molecule has 0 aliphatic heterocycles. The molecule has 0 heterocycles. The van der Waals surface area contributed by atoms with E-state index in [-0.39, 0.29) is 11.3 Å². The van der Waals surface area contributed by atoms with Crippen molar-refractivity contribution in [2.75, 3.05) is 4.90 Å². The van der Waals surface area contributed by atoms with Gasteiger partial charge < -0.3 is 14.7 Å². The van der Waals surface area contributed by atoms with Crippen LogP contribution in [0.25, 0.3) is 0 Å². The molecule has 1 fully saturated rings. The van der Waals surface area contributed by atoms with Gasteiger partial charge in [-0.25, -0.2) is 4.79 Å². The molecule has 1 aliphatic rings. The smallest absolute Gasteiger partial charge is 0.478 e. The van der Waals surface area contributed by atoms with E-state index in [1.54, 1.807) is 36.4 Å². The lowest BCUT2D eigenvalue weighted by Gasteiger charge is -2.26. The Morgan fingerprint density at radius 1 is 0.829 bits per heavy atom. The van der Waals surface area contributed by atoms with Crippen LogP contribution in [-0.2, 0) is 13.1 Å². The van der Waals surface area contributed by atoms with Gasteiger partial charge in [0.15, 0.2) is 0 Å². The highest BCUT2D eigenvalue weighted by atomic mass is 19.4. The summed E-state index contributed by atoms with van der Waals surface area (Å²) in [5, 5.41) is 9.22. The first-order valence-corrected chi connectivity index (χ1v) is 11.8. The predicted octanol–water partition coefficient (Wildman–Crippen LogP) is 7.54. The first-order chi connectivity index (χ1) is 16.8. The molecule has 1 aliphatic carbocycles. The van der Waals surface area contributed by atoms with E-state index < -0.39 is 12.3 Å². The predicted molar refractivity (Wildman–Crippen MR) is 129 cm³/mol. The number of alkyl halides is 3. The summed E-state index contributed by atoms with van der Waals surface area (Å²) in [5.74, 6) is -0.645. The van der Waals surface area contributed by atoms with Crippen LogP contribution in [0.4, 0.5) is 18.9 Å². The maximum absolute atomic E-state index is 12.5. The second-order valence-electron chi connectivity index (χ2n) is 8.98. The number of aromatic carboxylic acids is 1. The van der Waals surface area contributed by atoms with Crippen LogP contribution in [-0.4, -0.2) is 17.4 Å². The molecule has 0 saturated heterocycles. The van der Waals surface area contributed by atoms with Crippen LogP contribution in [0.15, 0.2) is 72.8 Å². The molecule has 35 heavy (non-hydrogen) atoms. The van der Waals surface area contributed by atoms with Crippen molar-refractivity contribution in [3.8, 4) is 5.75 Å². The second-order valence-corrected chi connectivity index (χ2v) is 8.98. The molecule has 0 radical (unpaired) electrons. The van der Waals surface area contributed by atoms with Gasteiger partial charge in [0.05, 0.1) is 5.56 Å². The fraction of sp³-hybridized carbons (Fsp3) is 0.321. The number of hydrogen-bond acceptors (Lipinski definition) is 3. The summed E-state index contributed by atoms with van der Waals surface area (Å²) < 4.78 is 41.4. The summed E-state index contributed by atoms with van der Waals surface area (Å²) in [6.45, 7) is 1.00. The average molecular weight is 484 g/mol. The maximum atomic E-state index is 12.5. The SMILES string of the molecule is O=C(O)c1ccc(N(Cc2ccc(OC(F)(F)F)cc2)Cc2ccc(C3CCCCC3)cc2)cc1. The Balaban J connectivity index is 1.52. The normalized spacial score (nSPS) is 14.5. The Morgan fingerprint density at radius 2 is 1.37 bits per heavy atom. The lowest BCUT2D eigenvalue weighted by molar-refractivity contribution is -0.274. The Morgan fingerprint density at radius 3 is 1.89 bits per heavy atom. The summed E-state index contributed by atoms with van der Waals surface area (Å²) >= 11 is 0. The Kier molecular flexibility index (Phi) is 7.63. The van der Waals surface area contributed by atoms with Crippen molar-refractivity contribution in [3.05, 3.63) is 95.1 Å². The maximum Gasteiger partial charge on any atom is 0.573 e. The van der Waals surface area contributed by atoms with Crippen LogP contribution in [0.3, 0.4) is 0 Å². The van der Waals surface area contributed by atoms with Crippen molar-refractivity contribution < 1.29 is 27.8 Å². The van der Waals surface area contributed by atoms with E-state index in [0.29, 0.717) is 19.0 Å². The Bertz CT molecular complexity index is 1100. The third-order valence-corrected chi connectivity index (χ3v) is 6.44. The molecule has 4 nitrogen and oxygen atoms in total. The van der Waals surface area contributed by atoms with Gasteiger partial charge in [-0.2, -0.15) is 0 Å². The molecule has 3 aromatic rings. The van der Waals surface area contributed by atoms with Gasteiger partial charge >= 0.3 is 12.3 Å². The third-order valence-electron chi connectivity index (χ3n) is 6.44. The van der Waals surface area contributed by atoms with Crippen molar-refractivity contribution in [2.45, 2.75) is 57.5 Å². The fourth-order valence-corrected chi connectivity index (χ4v) is 4.62. The van der Waals surface area contributed by atoms with Crippen LogP contribution >= 0.6 is 0 Å². The highest BCUT2D eigenvalue weighted by Crippen LogP contribution is 2.33. The number of halogens is 3. The molecule has 4 rings (SSSR count). The molecule has 184 valence electrons. The topological polar surface area (TPSA) is 49.8 Å². The second kappa shape index (κ2) is 10.8. The summed E-state index contributed by atoms with van der Waals surface area (Å²) in [7, 11) is 0. The van der Waals surface area contributed by atoms with Crippen molar-refractivity contribution in [1.29, 1.82) is 0 Å². The average Bonchev–Trinajstić information content (AvgIpc) is 2.85. The number of carbonyl (C=O) groups is 1.